The summed E-state index contributed by atoms with van der Waals surface area (Å²) in [5, 5.41) is 10.9. The quantitative estimate of drug-likeness (QED) is 0.417. The lowest BCUT2D eigenvalue weighted by atomic mass is 10.0. The molecule has 0 saturated heterocycles. The number of aliphatic carboxylic acids is 1. The van der Waals surface area contributed by atoms with Crippen LogP contribution in [0.3, 0.4) is 0 Å². The van der Waals surface area contributed by atoms with Crippen LogP contribution >= 0.6 is 11.6 Å². The van der Waals surface area contributed by atoms with E-state index in [0.717, 1.165) is 28.6 Å². The Morgan fingerprint density at radius 2 is 1.89 bits per heavy atom. The second kappa shape index (κ2) is 10.5. The summed E-state index contributed by atoms with van der Waals surface area (Å²) < 4.78 is 91.1. The Hall–Kier alpha value is -3.26. The van der Waals surface area contributed by atoms with E-state index in [0.29, 0.717) is 13.8 Å². The van der Waals surface area contributed by atoms with Gasteiger partial charge in [0.05, 0.1) is 28.1 Å². The Bertz CT molecular complexity index is 1350. The molecular weight excluding hydrogens is 560 g/mol. The molecule has 2 aromatic carbocycles. The van der Waals surface area contributed by atoms with Crippen molar-refractivity contribution in [2.24, 2.45) is 5.92 Å². The van der Waals surface area contributed by atoms with Crippen LogP contribution in [0, 0.1) is 11.7 Å². The lowest BCUT2D eigenvalue weighted by molar-refractivity contribution is -0.242. The van der Waals surface area contributed by atoms with Crippen molar-refractivity contribution in [3.63, 3.8) is 0 Å². The number of ether oxygens (including phenoxy) is 2. The molecule has 0 radical (unpaired) electrons. The number of carbonyl (C=O) groups is 2. The van der Waals surface area contributed by atoms with Gasteiger partial charge in [-0.05, 0) is 56.7 Å². The molecule has 208 valence electrons. The highest BCUT2D eigenvalue weighted by Crippen LogP contribution is 2.40. The van der Waals surface area contributed by atoms with Crippen molar-refractivity contribution in [1.29, 1.82) is 0 Å². The molecular formula is C23H23ClF4N2O7S. The zero-order valence-corrected chi connectivity index (χ0v) is 21.7. The molecule has 15 heteroatoms. The summed E-state index contributed by atoms with van der Waals surface area (Å²) >= 11 is 5.77. The van der Waals surface area contributed by atoms with Crippen molar-refractivity contribution < 1.29 is 50.1 Å². The lowest BCUT2D eigenvalue weighted by Crippen LogP contribution is -2.45. The third-order valence-corrected chi connectivity index (χ3v) is 7.75. The van der Waals surface area contributed by atoms with E-state index in [2.05, 4.69) is 10.1 Å². The highest BCUT2D eigenvalue weighted by molar-refractivity contribution is 7.92. The molecule has 3 rings (SSSR count). The maximum Gasteiger partial charge on any atom is 0.427 e. The minimum absolute atomic E-state index is 0.00911. The molecule has 2 aromatic rings. The summed E-state index contributed by atoms with van der Waals surface area (Å²) in [6.45, 7) is 2.37. The fraction of sp³-hybridized carbons (Fsp3) is 0.391. The van der Waals surface area contributed by atoms with Crippen molar-refractivity contribution in [3.05, 3.63) is 47.2 Å². The van der Waals surface area contributed by atoms with Crippen LogP contribution in [0.5, 0.6) is 5.75 Å². The zero-order valence-electron chi connectivity index (χ0n) is 20.2. The number of sulfonamides is 1. The van der Waals surface area contributed by atoms with Gasteiger partial charge in [-0.25, -0.2) is 17.6 Å². The normalized spacial score (nSPS) is 16.7. The summed E-state index contributed by atoms with van der Waals surface area (Å²) in [5.41, 5.74) is -3.04. The molecule has 0 aliphatic carbocycles. The van der Waals surface area contributed by atoms with E-state index >= 15 is 0 Å². The number of anilines is 2. The minimum Gasteiger partial charge on any atom is -0.486 e. The van der Waals surface area contributed by atoms with Gasteiger partial charge in [0.25, 0.3) is 10.0 Å². The summed E-state index contributed by atoms with van der Waals surface area (Å²) in [6.07, 6.45) is -7.27. The Labute approximate surface area is 220 Å². The number of benzene rings is 2. The van der Waals surface area contributed by atoms with E-state index in [1.165, 1.54) is 19.1 Å². The van der Waals surface area contributed by atoms with Gasteiger partial charge in [0.2, 0.25) is 5.60 Å². The molecule has 9 nitrogen and oxygen atoms in total. The number of rotatable bonds is 7. The van der Waals surface area contributed by atoms with Gasteiger partial charge in [-0.1, -0.05) is 18.5 Å². The first kappa shape index (κ1) is 29.3. The highest BCUT2D eigenvalue weighted by atomic mass is 35.5. The third-order valence-electron chi connectivity index (χ3n) is 5.68. The first-order valence-electron chi connectivity index (χ1n) is 11.0. The van der Waals surface area contributed by atoms with Crippen LogP contribution in [0.2, 0.25) is 5.02 Å². The van der Waals surface area contributed by atoms with E-state index in [-0.39, 0.29) is 35.0 Å². The molecule has 1 aliphatic rings. The van der Waals surface area contributed by atoms with E-state index in [1.807, 2.05) is 0 Å². The van der Waals surface area contributed by atoms with Crippen molar-refractivity contribution in [2.45, 2.75) is 50.0 Å². The Kier molecular flexibility index (Phi) is 8.08. The third kappa shape index (κ3) is 6.23. The first-order valence-corrected chi connectivity index (χ1v) is 12.8. The average molecular weight is 583 g/mol. The van der Waals surface area contributed by atoms with E-state index in [9.17, 15) is 40.7 Å². The SMILES string of the molecule is C[C@H](C[C@H]1CN(S(=O)(=O)c2ccc(F)c(Cl)c2)c2cc(NC(=O)OC(C)(C)C(F)(F)F)ccc2O1)C(=O)O. The van der Waals surface area contributed by atoms with Gasteiger partial charge in [0.15, 0.2) is 0 Å². The summed E-state index contributed by atoms with van der Waals surface area (Å²) in [6, 6.07) is 6.38. The first-order chi connectivity index (χ1) is 17.4. The second-order valence-electron chi connectivity index (χ2n) is 9.03. The van der Waals surface area contributed by atoms with Gasteiger partial charge < -0.3 is 14.6 Å². The van der Waals surface area contributed by atoms with E-state index in [1.54, 1.807) is 0 Å². The van der Waals surface area contributed by atoms with Gasteiger partial charge in [-0.15, -0.1) is 0 Å². The fourth-order valence-corrected chi connectivity index (χ4v) is 5.20. The van der Waals surface area contributed by atoms with Gasteiger partial charge in [-0.3, -0.25) is 14.4 Å². The summed E-state index contributed by atoms with van der Waals surface area (Å²) in [4.78, 5) is 23.1. The maximum atomic E-state index is 13.7. The number of nitrogens with one attached hydrogen (secondary N) is 1. The topological polar surface area (TPSA) is 122 Å². The number of hydrogen-bond acceptors (Lipinski definition) is 6. The van der Waals surface area contributed by atoms with Crippen LogP contribution in [0.15, 0.2) is 41.3 Å². The predicted molar refractivity (Wildman–Crippen MR) is 128 cm³/mol. The monoisotopic (exact) mass is 582 g/mol. The Morgan fingerprint density at radius 1 is 1.24 bits per heavy atom. The minimum atomic E-state index is -4.85. The lowest BCUT2D eigenvalue weighted by Gasteiger charge is -2.36. The van der Waals surface area contributed by atoms with Crippen molar-refractivity contribution >= 4 is 45.1 Å². The van der Waals surface area contributed by atoms with Gasteiger partial charge in [0, 0.05) is 5.69 Å². The standard InChI is InChI=1S/C23H23ClF4N2O7S/c1-12(20(31)32)8-14-11-30(38(34,35)15-5-6-17(25)16(24)10-15)18-9-13(4-7-19(18)36-14)29-21(33)37-22(2,3)23(26,27)28/h4-7,9-10,12,14H,8,11H2,1-3H3,(H,29,33)(H,31,32)/t12-,14+/m1/s1. The zero-order chi connectivity index (χ0) is 28.6. The van der Waals surface area contributed by atoms with Crippen LogP contribution < -0.4 is 14.4 Å². The number of carboxylic acids is 1. The number of alkyl halides is 3. The van der Waals surface area contributed by atoms with Crippen molar-refractivity contribution in [3.8, 4) is 5.75 Å². The molecule has 0 bridgehead atoms. The molecule has 0 fully saturated rings. The van der Waals surface area contributed by atoms with Crippen LogP contribution in [-0.4, -0.2) is 50.0 Å². The molecule has 2 N–H and O–H groups in total. The average Bonchev–Trinajstić information content (AvgIpc) is 2.79. The highest BCUT2D eigenvalue weighted by Gasteiger charge is 2.51. The van der Waals surface area contributed by atoms with Crippen LogP contribution in [0.1, 0.15) is 27.2 Å². The van der Waals surface area contributed by atoms with Gasteiger partial charge in [0.1, 0.15) is 17.7 Å². The molecule has 0 spiro atoms. The predicted octanol–water partition coefficient (Wildman–Crippen LogP) is 5.44. The number of carboxylic acid groups (broad SMARTS) is 1. The molecule has 38 heavy (non-hydrogen) atoms. The molecule has 0 aromatic heterocycles. The molecule has 2 atom stereocenters. The largest absolute Gasteiger partial charge is 0.486 e. The van der Waals surface area contributed by atoms with E-state index < -0.39 is 56.7 Å². The maximum absolute atomic E-state index is 13.7. The smallest absolute Gasteiger partial charge is 0.427 e. The van der Waals surface area contributed by atoms with Crippen LogP contribution in [-0.2, 0) is 19.6 Å². The van der Waals surface area contributed by atoms with Crippen molar-refractivity contribution in [2.75, 3.05) is 16.2 Å². The number of nitrogens with zero attached hydrogens (tertiary/aromatic N) is 1. The van der Waals surface area contributed by atoms with Crippen LogP contribution in [0.25, 0.3) is 0 Å². The van der Waals surface area contributed by atoms with Crippen molar-refractivity contribution in [1.82, 2.24) is 0 Å². The number of amides is 1. The number of hydrogen-bond donors (Lipinski definition) is 2. The number of halogens is 5. The molecule has 1 amide bonds. The number of carbonyl (C=O) groups excluding carboxylic acids is 1. The Balaban J connectivity index is 1.99. The number of fused-ring (bicyclic) bond motifs is 1. The molecule has 1 aliphatic heterocycles. The fourth-order valence-electron chi connectivity index (χ4n) is 3.43. The second-order valence-corrected chi connectivity index (χ2v) is 11.3. The summed E-state index contributed by atoms with van der Waals surface area (Å²) in [7, 11) is -4.43. The van der Waals surface area contributed by atoms with E-state index in [4.69, 9.17) is 16.3 Å². The molecule has 0 unspecified atom stereocenters. The van der Waals surface area contributed by atoms with Crippen LogP contribution in [0.4, 0.5) is 33.7 Å². The molecule has 0 saturated carbocycles. The summed E-state index contributed by atoms with van der Waals surface area (Å²) in [5.74, 6) is -2.88. The van der Waals surface area contributed by atoms with Gasteiger partial charge >= 0.3 is 18.2 Å². The molecule has 1 heterocycles. The van der Waals surface area contributed by atoms with Gasteiger partial charge in [-0.2, -0.15) is 13.2 Å². The Morgan fingerprint density at radius 3 is 2.47 bits per heavy atom.